The Balaban J connectivity index is 1.80. The Labute approximate surface area is 186 Å². The number of carbonyl (C=O) groups excluding carboxylic acids is 3. The third-order valence-corrected chi connectivity index (χ3v) is 5.03. The van der Waals surface area contributed by atoms with E-state index in [1.165, 1.54) is 9.58 Å². The highest BCUT2D eigenvalue weighted by Gasteiger charge is 2.25. The molecular formula is C20H21BrN6O4. The van der Waals surface area contributed by atoms with Crippen LogP contribution >= 0.6 is 15.9 Å². The van der Waals surface area contributed by atoms with Crippen LogP contribution < -0.4 is 11.1 Å². The average molecular weight is 489 g/mol. The van der Waals surface area contributed by atoms with E-state index in [9.17, 15) is 19.5 Å². The van der Waals surface area contributed by atoms with Gasteiger partial charge in [-0.15, -0.1) is 0 Å². The molecule has 0 unspecified atom stereocenters. The van der Waals surface area contributed by atoms with E-state index in [1.807, 2.05) is 0 Å². The van der Waals surface area contributed by atoms with Gasteiger partial charge in [-0.25, -0.2) is 4.98 Å². The summed E-state index contributed by atoms with van der Waals surface area (Å²) >= 11 is 3.23. The first-order chi connectivity index (χ1) is 14.8. The number of rotatable bonds is 8. The van der Waals surface area contributed by atoms with Crippen molar-refractivity contribution in [3.8, 4) is 0 Å². The van der Waals surface area contributed by atoms with Crippen LogP contribution in [0.25, 0.3) is 10.9 Å². The predicted molar refractivity (Wildman–Crippen MR) is 117 cm³/mol. The van der Waals surface area contributed by atoms with Gasteiger partial charge in [-0.3, -0.25) is 19.1 Å². The molecule has 1 atom stereocenters. The minimum atomic E-state index is -0.705. The molecule has 162 valence electrons. The minimum absolute atomic E-state index is 0.0589. The largest absolute Gasteiger partial charge is 0.394 e. The van der Waals surface area contributed by atoms with Crippen LogP contribution in [0.1, 0.15) is 17.4 Å². The number of pyridine rings is 1. The molecule has 4 N–H and O–H groups in total. The second-order valence-electron chi connectivity index (χ2n) is 6.83. The van der Waals surface area contributed by atoms with Gasteiger partial charge < -0.3 is 21.1 Å². The first kappa shape index (κ1) is 22.4. The molecule has 3 rings (SSSR count). The van der Waals surface area contributed by atoms with Crippen molar-refractivity contribution < 1.29 is 19.5 Å². The normalized spacial score (nSPS) is 11.8. The van der Waals surface area contributed by atoms with E-state index in [1.54, 1.807) is 49.4 Å². The third-order valence-electron chi connectivity index (χ3n) is 4.59. The topological polar surface area (TPSA) is 143 Å². The molecule has 0 aliphatic carbocycles. The summed E-state index contributed by atoms with van der Waals surface area (Å²) in [4.78, 5) is 42.6. The Hall–Kier alpha value is -3.31. The quantitative estimate of drug-likeness (QED) is 0.405. The van der Waals surface area contributed by atoms with Crippen molar-refractivity contribution in [3.05, 3.63) is 52.8 Å². The fraction of sp³-hybridized carbons (Fsp3) is 0.250. The van der Waals surface area contributed by atoms with Gasteiger partial charge in [-0.1, -0.05) is 24.3 Å². The standard InChI is InChI=1S/C20H21BrN6O4/c1-12(11-28)26(9-17(29)24-16-8-4-7-15(21)23-16)18(30)10-27-14-6-3-2-5-13(14)19(25-27)20(22)31/h2-8,12,28H,9-11H2,1H3,(H2,22,31)(H,23,24,29)/t12-/m1/s1. The average Bonchev–Trinajstić information content (AvgIpc) is 3.10. The molecule has 0 radical (unpaired) electrons. The molecule has 0 saturated carbocycles. The number of aromatic nitrogens is 3. The molecule has 1 aromatic carbocycles. The van der Waals surface area contributed by atoms with Crippen molar-refractivity contribution in [2.75, 3.05) is 18.5 Å². The molecule has 10 nitrogen and oxygen atoms in total. The van der Waals surface area contributed by atoms with Crippen molar-refractivity contribution in [1.29, 1.82) is 0 Å². The van der Waals surface area contributed by atoms with E-state index >= 15 is 0 Å². The molecule has 2 heterocycles. The van der Waals surface area contributed by atoms with Crippen molar-refractivity contribution in [3.63, 3.8) is 0 Å². The number of hydrogen-bond donors (Lipinski definition) is 3. The summed E-state index contributed by atoms with van der Waals surface area (Å²) in [6.45, 7) is 0.760. The van der Waals surface area contributed by atoms with Crippen LogP contribution in [-0.4, -0.2) is 61.7 Å². The predicted octanol–water partition coefficient (Wildman–Crippen LogP) is 1.14. The molecule has 0 aliphatic rings. The van der Waals surface area contributed by atoms with E-state index in [4.69, 9.17) is 5.73 Å². The Bertz CT molecular complexity index is 1130. The van der Waals surface area contributed by atoms with E-state index in [-0.39, 0.29) is 25.4 Å². The number of aliphatic hydroxyl groups excluding tert-OH is 1. The summed E-state index contributed by atoms with van der Waals surface area (Å²) in [6, 6.07) is 11.3. The second-order valence-corrected chi connectivity index (χ2v) is 7.65. The fourth-order valence-corrected chi connectivity index (χ4v) is 3.40. The highest BCUT2D eigenvalue weighted by atomic mass is 79.9. The van der Waals surface area contributed by atoms with Crippen LogP contribution in [0, 0.1) is 0 Å². The number of halogens is 1. The third kappa shape index (κ3) is 5.25. The molecule has 0 saturated heterocycles. The monoisotopic (exact) mass is 488 g/mol. The smallest absolute Gasteiger partial charge is 0.269 e. The number of amides is 3. The zero-order valence-electron chi connectivity index (χ0n) is 16.7. The van der Waals surface area contributed by atoms with E-state index in [0.29, 0.717) is 21.3 Å². The van der Waals surface area contributed by atoms with Crippen LogP contribution in [0.2, 0.25) is 0 Å². The van der Waals surface area contributed by atoms with Gasteiger partial charge in [-0.05, 0) is 41.1 Å². The molecule has 2 aromatic heterocycles. The van der Waals surface area contributed by atoms with Crippen LogP contribution in [0.15, 0.2) is 47.1 Å². The van der Waals surface area contributed by atoms with Crippen LogP contribution in [-0.2, 0) is 16.1 Å². The number of fused-ring (bicyclic) bond motifs is 1. The molecular weight excluding hydrogens is 468 g/mol. The first-order valence-corrected chi connectivity index (χ1v) is 10.2. The first-order valence-electron chi connectivity index (χ1n) is 9.38. The lowest BCUT2D eigenvalue weighted by Crippen LogP contribution is -2.46. The molecule has 0 fully saturated rings. The molecule has 11 heteroatoms. The highest BCUT2D eigenvalue weighted by molar-refractivity contribution is 9.10. The van der Waals surface area contributed by atoms with Crippen molar-refractivity contribution in [2.24, 2.45) is 5.73 Å². The summed E-state index contributed by atoms with van der Waals surface area (Å²) in [7, 11) is 0. The van der Waals surface area contributed by atoms with E-state index < -0.39 is 23.8 Å². The molecule has 31 heavy (non-hydrogen) atoms. The molecule has 3 amide bonds. The van der Waals surface area contributed by atoms with Gasteiger partial charge in [0.2, 0.25) is 11.8 Å². The Morgan fingerprint density at radius 2 is 1.97 bits per heavy atom. The maximum absolute atomic E-state index is 13.0. The van der Waals surface area contributed by atoms with E-state index in [0.717, 1.165) is 0 Å². The van der Waals surface area contributed by atoms with Gasteiger partial charge in [-0.2, -0.15) is 5.10 Å². The summed E-state index contributed by atoms with van der Waals surface area (Å²) < 4.78 is 1.92. The number of benzene rings is 1. The summed E-state index contributed by atoms with van der Waals surface area (Å²) in [5.74, 6) is -1.30. The minimum Gasteiger partial charge on any atom is -0.394 e. The lowest BCUT2D eigenvalue weighted by molar-refractivity contribution is -0.138. The zero-order valence-corrected chi connectivity index (χ0v) is 18.2. The Morgan fingerprint density at radius 1 is 1.23 bits per heavy atom. The Morgan fingerprint density at radius 3 is 2.65 bits per heavy atom. The molecule has 3 aromatic rings. The molecule has 0 spiro atoms. The number of hydrogen-bond acceptors (Lipinski definition) is 6. The summed E-state index contributed by atoms with van der Waals surface area (Å²) in [5.41, 5.74) is 6.02. The number of carbonyl (C=O) groups is 3. The van der Waals surface area contributed by atoms with Crippen LogP contribution in [0.4, 0.5) is 5.82 Å². The van der Waals surface area contributed by atoms with Crippen LogP contribution in [0.5, 0.6) is 0 Å². The molecule has 0 aliphatic heterocycles. The van der Waals surface area contributed by atoms with Gasteiger partial charge in [0.05, 0.1) is 18.2 Å². The highest BCUT2D eigenvalue weighted by Crippen LogP contribution is 2.18. The number of para-hydroxylation sites is 1. The number of nitrogens with two attached hydrogens (primary N) is 1. The maximum Gasteiger partial charge on any atom is 0.269 e. The summed E-state index contributed by atoms with van der Waals surface area (Å²) in [5, 5.41) is 16.9. The zero-order chi connectivity index (χ0) is 22.5. The number of primary amides is 1. The molecule has 0 bridgehead atoms. The van der Waals surface area contributed by atoms with E-state index in [2.05, 4.69) is 31.3 Å². The van der Waals surface area contributed by atoms with Gasteiger partial charge in [0.1, 0.15) is 23.5 Å². The maximum atomic E-state index is 13.0. The Kier molecular flexibility index (Phi) is 6.98. The summed E-state index contributed by atoms with van der Waals surface area (Å²) in [6.07, 6.45) is 0. The van der Waals surface area contributed by atoms with Crippen LogP contribution in [0.3, 0.4) is 0 Å². The number of aliphatic hydroxyl groups is 1. The van der Waals surface area contributed by atoms with Gasteiger partial charge in [0.15, 0.2) is 5.69 Å². The second kappa shape index (κ2) is 9.67. The lowest BCUT2D eigenvalue weighted by Gasteiger charge is -2.27. The van der Waals surface area contributed by atoms with Gasteiger partial charge in [0.25, 0.3) is 5.91 Å². The van der Waals surface area contributed by atoms with Crippen molar-refractivity contribution in [2.45, 2.75) is 19.5 Å². The fourth-order valence-electron chi connectivity index (χ4n) is 3.05. The lowest BCUT2D eigenvalue weighted by atomic mass is 10.2. The number of nitrogens with one attached hydrogen (secondary N) is 1. The van der Waals surface area contributed by atoms with Gasteiger partial charge in [0, 0.05) is 5.39 Å². The number of anilines is 1. The SMILES string of the molecule is C[C@H](CO)N(CC(=O)Nc1cccc(Br)n1)C(=O)Cn1nc(C(N)=O)c2ccccc21. The van der Waals surface area contributed by atoms with Crippen molar-refractivity contribution >= 4 is 50.4 Å². The number of nitrogens with zero attached hydrogens (tertiary/aromatic N) is 4. The van der Waals surface area contributed by atoms with Crippen molar-refractivity contribution in [1.82, 2.24) is 19.7 Å². The van der Waals surface area contributed by atoms with Gasteiger partial charge >= 0.3 is 0 Å².